The van der Waals surface area contributed by atoms with Gasteiger partial charge in [-0.2, -0.15) is 4.98 Å². The van der Waals surface area contributed by atoms with Crippen LogP contribution in [-0.4, -0.2) is 45.6 Å². The Morgan fingerprint density at radius 1 is 1.33 bits per heavy atom. The molecule has 24 heavy (non-hydrogen) atoms. The van der Waals surface area contributed by atoms with Gasteiger partial charge >= 0.3 is 0 Å². The van der Waals surface area contributed by atoms with Gasteiger partial charge in [0.15, 0.2) is 11.0 Å². The normalized spacial score (nSPS) is 24.5. The number of carbonyl (C=O) groups is 1. The zero-order valence-electron chi connectivity index (χ0n) is 13.7. The van der Waals surface area contributed by atoms with Gasteiger partial charge in [0.1, 0.15) is 0 Å². The number of piperidine rings is 1. The molecule has 2 aliphatic rings. The van der Waals surface area contributed by atoms with Gasteiger partial charge < -0.3 is 14.3 Å². The van der Waals surface area contributed by atoms with Crippen molar-refractivity contribution in [3.63, 3.8) is 0 Å². The lowest BCUT2D eigenvalue weighted by atomic mass is 9.96. The van der Waals surface area contributed by atoms with Crippen LogP contribution in [0.5, 0.6) is 0 Å². The van der Waals surface area contributed by atoms with Crippen molar-refractivity contribution in [3.05, 3.63) is 23.3 Å². The summed E-state index contributed by atoms with van der Waals surface area (Å²) in [5.41, 5.74) is 0. The summed E-state index contributed by atoms with van der Waals surface area (Å²) in [6.45, 7) is 4.29. The maximum Gasteiger partial charge on any atom is 0.228 e. The van der Waals surface area contributed by atoms with Crippen LogP contribution in [0.3, 0.4) is 0 Å². The number of likely N-dealkylation sites (tertiary alicyclic amines) is 1. The summed E-state index contributed by atoms with van der Waals surface area (Å²) in [6.07, 6.45) is 5.69. The van der Waals surface area contributed by atoms with E-state index in [1.54, 1.807) is 18.3 Å². The predicted molar refractivity (Wildman–Crippen MR) is 89.8 cm³/mol. The lowest BCUT2D eigenvalue weighted by molar-refractivity contribution is -0.137. The van der Waals surface area contributed by atoms with Crippen molar-refractivity contribution >= 4 is 22.4 Å². The highest BCUT2D eigenvalue weighted by atomic mass is 32.1. The first-order chi connectivity index (χ1) is 11.7. The molecule has 2 aliphatic heterocycles. The van der Waals surface area contributed by atoms with E-state index in [-0.39, 0.29) is 17.9 Å². The van der Waals surface area contributed by atoms with Gasteiger partial charge in [-0.3, -0.25) is 4.79 Å². The molecule has 0 saturated carbocycles. The molecule has 7 nitrogen and oxygen atoms in total. The Morgan fingerprint density at radius 2 is 2.21 bits per heavy atom. The van der Waals surface area contributed by atoms with Crippen LogP contribution in [-0.2, 0) is 4.79 Å². The minimum Gasteiger partial charge on any atom is -0.347 e. The molecule has 2 atom stereocenters. The van der Waals surface area contributed by atoms with E-state index in [9.17, 15) is 4.79 Å². The third-order valence-corrected chi connectivity index (χ3v) is 5.67. The first kappa shape index (κ1) is 15.6. The number of amides is 1. The quantitative estimate of drug-likeness (QED) is 0.849. The molecule has 0 aliphatic carbocycles. The van der Waals surface area contributed by atoms with E-state index in [4.69, 9.17) is 4.52 Å². The van der Waals surface area contributed by atoms with E-state index < -0.39 is 0 Å². The molecule has 2 aromatic rings. The molecule has 4 heterocycles. The fourth-order valence-electron chi connectivity index (χ4n) is 3.71. The molecule has 1 amide bonds. The van der Waals surface area contributed by atoms with E-state index in [0.717, 1.165) is 50.4 Å². The fourth-order valence-corrected chi connectivity index (χ4v) is 4.39. The standard InChI is InChI=1S/C16H21N5O2S/c1-11-18-14(19-23-11)13-5-3-8-21(13)15(22)12-4-2-7-20(10-12)16-17-6-9-24-16/h6,9,12-13H,2-5,7-8,10H2,1H3/t12-,13-/m0/s1. The number of nitrogens with zero attached hydrogens (tertiary/aromatic N) is 5. The second-order valence-corrected chi connectivity index (χ2v) is 7.33. The Morgan fingerprint density at radius 3 is 2.96 bits per heavy atom. The lowest BCUT2D eigenvalue weighted by Crippen LogP contribution is -2.44. The van der Waals surface area contributed by atoms with E-state index >= 15 is 0 Å². The number of hydrogen-bond acceptors (Lipinski definition) is 7. The number of anilines is 1. The molecule has 4 rings (SSSR count). The average molecular weight is 347 g/mol. The zero-order valence-corrected chi connectivity index (χ0v) is 14.5. The lowest BCUT2D eigenvalue weighted by Gasteiger charge is -2.35. The van der Waals surface area contributed by atoms with Crippen molar-refractivity contribution in [2.75, 3.05) is 24.5 Å². The Kier molecular flexibility index (Phi) is 4.22. The first-order valence-corrected chi connectivity index (χ1v) is 9.35. The summed E-state index contributed by atoms with van der Waals surface area (Å²) in [6, 6.07) is -0.0369. The van der Waals surface area contributed by atoms with Crippen molar-refractivity contribution in [2.45, 2.75) is 38.6 Å². The van der Waals surface area contributed by atoms with Gasteiger partial charge in [0.2, 0.25) is 11.8 Å². The third kappa shape index (κ3) is 2.90. The van der Waals surface area contributed by atoms with E-state index in [1.807, 2.05) is 16.5 Å². The first-order valence-electron chi connectivity index (χ1n) is 8.47. The average Bonchev–Trinajstić information content (AvgIpc) is 3.35. The highest BCUT2D eigenvalue weighted by molar-refractivity contribution is 7.13. The minimum absolute atomic E-state index is 0.0243. The van der Waals surface area contributed by atoms with Crippen molar-refractivity contribution < 1.29 is 9.32 Å². The predicted octanol–water partition coefficient (Wildman–Crippen LogP) is 2.41. The van der Waals surface area contributed by atoms with Crippen LogP contribution in [0.1, 0.15) is 43.4 Å². The summed E-state index contributed by atoms with van der Waals surface area (Å²) in [5, 5.41) is 7.03. The highest BCUT2D eigenvalue weighted by Gasteiger charge is 2.38. The molecule has 2 fully saturated rings. The maximum atomic E-state index is 13.1. The van der Waals surface area contributed by atoms with Gasteiger partial charge in [0.05, 0.1) is 12.0 Å². The number of hydrogen-bond donors (Lipinski definition) is 0. The zero-order chi connectivity index (χ0) is 16.5. The Balaban J connectivity index is 1.48. The van der Waals surface area contributed by atoms with E-state index in [0.29, 0.717) is 11.7 Å². The molecular formula is C16H21N5O2S. The maximum absolute atomic E-state index is 13.1. The van der Waals surface area contributed by atoms with Crippen LogP contribution >= 0.6 is 11.3 Å². The fraction of sp³-hybridized carbons (Fsp3) is 0.625. The van der Waals surface area contributed by atoms with Crippen molar-refractivity contribution in [1.29, 1.82) is 0 Å². The van der Waals surface area contributed by atoms with Crippen LogP contribution in [0.15, 0.2) is 16.1 Å². The highest BCUT2D eigenvalue weighted by Crippen LogP contribution is 2.33. The van der Waals surface area contributed by atoms with Crippen LogP contribution in [0.25, 0.3) is 0 Å². The van der Waals surface area contributed by atoms with Gasteiger partial charge in [-0.05, 0) is 25.7 Å². The van der Waals surface area contributed by atoms with Crippen molar-refractivity contribution in [1.82, 2.24) is 20.0 Å². The Hall–Kier alpha value is -1.96. The summed E-state index contributed by atoms with van der Waals surface area (Å²) >= 11 is 1.63. The molecule has 0 unspecified atom stereocenters. The summed E-state index contributed by atoms with van der Waals surface area (Å²) < 4.78 is 5.10. The summed E-state index contributed by atoms with van der Waals surface area (Å²) in [5.74, 6) is 1.44. The minimum atomic E-state index is -0.0369. The Bertz CT molecular complexity index is 701. The SMILES string of the molecule is Cc1nc([C@@H]2CCCN2C(=O)[C@H]2CCCN(c3nccs3)C2)no1. The van der Waals surface area contributed by atoms with Gasteiger partial charge in [0.25, 0.3) is 0 Å². The molecular weight excluding hydrogens is 326 g/mol. The van der Waals surface area contributed by atoms with Gasteiger partial charge in [-0.25, -0.2) is 4.98 Å². The Labute approximate surface area is 144 Å². The molecule has 2 aromatic heterocycles. The molecule has 128 valence electrons. The smallest absolute Gasteiger partial charge is 0.228 e. The molecule has 0 radical (unpaired) electrons. The van der Waals surface area contributed by atoms with Crippen molar-refractivity contribution in [2.24, 2.45) is 5.92 Å². The van der Waals surface area contributed by atoms with Crippen LogP contribution in [0, 0.1) is 12.8 Å². The number of aromatic nitrogens is 3. The summed E-state index contributed by atoms with van der Waals surface area (Å²) in [7, 11) is 0. The number of thiazole rings is 1. The summed E-state index contributed by atoms with van der Waals surface area (Å²) in [4.78, 5) is 26.0. The number of rotatable bonds is 3. The topological polar surface area (TPSA) is 75.4 Å². The monoisotopic (exact) mass is 347 g/mol. The number of carbonyl (C=O) groups excluding carboxylic acids is 1. The van der Waals surface area contributed by atoms with Crippen molar-refractivity contribution in [3.8, 4) is 0 Å². The molecule has 0 bridgehead atoms. The van der Waals surface area contributed by atoms with Crippen LogP contribution in [0.4, 0.5) is 5.13 Å². The van der Waals surface area contributed by atoms with Gasteiger partial charge in [-0.1, -0.05) is 5.16 Å². The van der Waals surface area contributed by atoms with Gasteiger partial charge in [-0.15, -0.1) is 11.3 Å². The molecule has 2 saturated heterocycles. The molecule has 0 aromatic carbocycles. The van der Waals surface area contributed by atoms with Crippen LogP contribution < -0.4 is 4.90 Å². The van der Waals surface area contributed by atoms with Gasteiger partial charge in [0, 0.05) is 38.1 Å². The molecule has 0 spiro atoms. The van der Waals surface area contributed by atoms with E-state index in [1.165, 1.54) is 0 Å². The van der Waals surface area contributed by atoms with Crippen LogP contribution in [0.2, 0.25) is 0 Å². The number of aryl methyl sites for hydroxylation is 1. The largest absolute Gasteiger partial charge is 0.347 e. The van der Waals surface area contributed by atoms with E-state index in [2.05, 4.69) is 20.0 Å². The third-order valence-electron chi connectivity index (χ3n) is 4.84. The molecule has 0 N–H and O–H groups in total. The second kappa shape index (κ2) is 6.51. The second-order valence-electron chi connectivity index (χ2n) is 6.46. The molecule has 8 heteroatoms.